The second-order valence-electron chi connectivity index (χ2n) is 6.61. The van der Waals surface area contributed by atoms with E-state index in [4.69, 9.17) is 9.47 Å². The number of pyridine rings is 1. The molecule has 0 amide bonds. The van der Waals surface area contributed by atoms with Gasteiger partial charge in [0.2, 0.25) is 9.84 Å². The number of ether oxygens (including phenoxy) is 2. The molecule has 0 N–H and O–H groups in total. The highest BCUT2D eigenvalue weighted by Gasteiger charge is 2.30. The second-order valence-corrected chi connectivity index (χ2v) is 9.54. The molecule has 0 saturated carbocycles. The number of rotatable bonds is 7. The van der Waals surface area contributed by atoms with Crippen molar-refractivity contribution in [2.45, 2.75) is 23.3 Å². The Morgan fingerprint density at radius 3 is 2.58 bits per heavy atom. The van der Waals surface area contributed by atoms with Gasteiger partial charge in [-0.15, -0.1) is 11.3 Å². The van der Waals surface area contributed by atoms with Crippen LogP contribution < -0.4 is 4.74 Å². The quantitative estimate of drug-likeness (QED) is 0.371. The molecule has 6 nitrogen and oxygen atoms in total. The lowest BCUT2D eigenvalue weighted by Gasteiger charge is -2.08. The van der Waals surface area contributed by atoms with Crippen molar-refractivity contribution in [2.24, 2.45) is 0 Å². The molecule has 0 unspecified atom stereocenters. The summed E-state index contributed by atoms with van der Waals surface area (Å²) in [4.78, 5) is 16.8. The van der Waals surface area contributed by atoms with E-state index in [0.29, 0.717) is 22.4 Å². The fourth-order valence-corrected chi connectivity index (χ4v) is 6.19. The molecule has 0 atom stereocenters. The summed E-state index contributed by atoms with van der Waals surface area (Å²) in [5.41, 5.74) is 0.910. The van der Waals surface area contributed by atoms with Crippen molar-refractivity contribution in [3.05, 3.63) is 83.5 Å². The van der Waals surface area contributed by atoms with Gasteiger partial charge in [0.25, 0.3) is 0 Å². The van der Waals surface area contributed by atoms with Gasteiger partial charge in [0, 0.05) is 28.0 Å². The SMILES string of the molecule is CCOC(=O)c1sc2cc(OCc3cccnc3)ccc2c1S(=O)(=O)c1ccccc1. The summed E-state index contributed by atoms with van der Waals surface area (Å²) >= 11 is 1.08. The number of sulfone groups is 1. The van der Waals surface area contributed by atoms with Crippen LogP contribution in [0.2, 0.25) is 0 Å². The number of thiophene rings is 1. The van der Waals surface area contributed by atoms with Crippen molar-refractivity contribution >= 4 is 37.2 Å². The van der Waals surface area contributed by atoms with Crippen LogP contribution in [0.5, 0.6) is 5.75 Å². The molecule has 31 heavy (non-hydrogen) atoms. The van der Waals surface area contributed by atoms with Crippen molar-refractivity contribution in [3.63, 3.8) is 0 Å². The highest BCUT2D eigenvalue weighted by Crippen LogP contribution is 2.39. The van der Waals surface area contributed by atoms with Gasteiger partial charge in [0.1, 0.15) is 22.1 Å². The maximum absolute atomic E-state index is 13.4. The lowest BCUT2D eigenvalue weighted by atomic mass is 10.2. The zero-order valence-electron chi connectivity index (χ0n) is 16.6. The molecule has 2 heterocycles. The van der Waals surface area contributed by atoms with Gasteiger partial charge in [-0.1, -0.05) is 24.3 Å². The number of carbonyl (C=O) groups excluding carboxylic acids is 1. The summed E-state index contributed by atoms with van der Waals surface area (Å²) in [5.74, 6) is -0.0901. The Bertz CT molecular complexity index is 1320. The molecule has 0 radical (unpaired) electrons. The van der Waals surface area contributed by atoms with Crippen molar-refractivity contribution in [3.8, 4) is 5.75 Å². The van der Waals surface area contributed by atoms with E-state index in [1.165, 1.54) is 12.1 Å². The summed E-state index contributed by atoms with van der Waals surface area (Å²) in [5, 5.41) is 0.464. The normalized spacial score (nSPS) is 11.4. The molecule has 0 aliphatic carbocycles. The number of nitrogens with zero attached hydrogens (tertiary/aromatic N) is 1. The van der Waals surface area contributed by atoms with Crippen LogP contribution in [0, 0.1) is 0 Å². The Balaban J connectivity index is 1.78. The summed E-state index contributed by atoms with van der Waals surface area (Å²) in [6, 6.07) is 16.9. The third kappa shape index (κ3) is 4.30. The second kappa shape index (κ2) is 8.87. The fourth-order valence-electron chi connectivity index (χ4n) is 3.11. The maximum atomic E-state index is 13.4. The average molecular weight is 454 g/mol. The standard InChI is InChI=1S/C23H19NO5S2/c1-2-28-23(25)21-22(31(26,27)18-8-4-3-5-9-18)19-11-10-17(13-20(19)30-21)29-15-16-7-6-12-24-14-16/h3-14H,2,15H2,1H3. The number of carbonyl (C=O) groups is 1. The Hall–Kier alpha value is -3.23. The number of hydrogen-bond donors (Lipinski definition) is 0. The molecule has 0 spiro atoms. The van der Waals surface area contributed by atoms with Gasteiger partial charge in [0.05, 0.1) is 11.5 Å². The van der Waals surface area contributed by atoms with Gasteiger partial charge in [-0.25, -0.2) is 13.2 Å². The van der Waals surface area contributed by atoms with Crippen molar-refractivity contribution in [1.82, 2.24) is 4.98 Å². The Morgan fingerprint density at radius 2 is 1.87 bits per heavy atom. The molecule has 0 aliphatic rings. The molecular formula is C23H19NO5S2. The third-order valence-corrected chi connectivity index (χ3v) is 7.64. The molecule has 158 valence electrons. The summed E-state index contributed by atoms with van der Waals surface area (Å²) in [6.07, 6.45) is 3.40. The van der Waals surface area contributed by atoms with Gasteiger partial charge in [-0.05, 0) is 43.3 Å². The first-order chi connectivity index (χ1) is 15.0. The van der Waals surface area contributed by atoms with Gasteiger partial charge >= 0.3 is 5.97 Å². The van der Waals surface area contributed by atoms with Crippen LogP contribution in [0.3, 0.4) is 0 Å². The van der Waals surface area contributed by atoms with Crippen LogP contribution in [-0.4, -0.2) is 26.0 Å². The smallest absolute Gasteiger partial charge is 0.349 e. The van der Waals surface area contributed by atoms with Crippen molar-refractivity contribution in [1.29, 1.82) is 0 Å². The largest absolute Gasteiger partial charge is 0.489 e. The first kappa shape index (κ1) is 21.0. The van der Waals surface area contributed by atoms with Gasteiger partial charge in [-0.3, -0.25) is 4.98 Å². The predicted molar refractivity (Wildman–Crippen MR) is 118 cm³/mol. The molecule has 0 fully saturated rings. The monoisotopic (exact) mass is 453 g/mol. The summed E-state index contributed by atoms with van der Waals surface area (Å²) < 4.78 is 38.4. The molecule has 8 heteroatoms. The minimum absolute atomic E-state index is 0.0315. The van der Waals surface area contributed by atoms with E-state index >= 15 is 0 Å². The highest BCUT2D eigenvalue weighted by atomic mass is 32.2. The number of hydrogen-bond acceptors (Lipinski definition) is 7. The zero-order valence-corrected chi connectivity index (χ0v) is 18.3. The van der Waals surface area contributed by atoms with Crippen molar-refractivity contribution in [2.75, 3.05) is 6.61 Å². The molecule has 0 saturated heterocycles. The van der Waals surface area contributed by atoms with Gasteiger partial charge < -0.3 is 9.47 Å². The number of esters is 1. The van der Waals surface area contributed by atoms with E-state index in [1.54, 1.807) is 55.7 Å². The van der Waals surface area contributed by atoms with Gasteiger partial charge in [-0.2, -0.15) is 0 Å². The van der Waals surface area contributed by atoms with Gasteiger partial charge in [0.15, 0.2) is 0 Å². The third-order valence-electron chi connectivity index (χ3n) is 4.53. The molecule has 2 aromatic heterocycles. The first-order valence-electron chi connectivity index (χ1n) is 9.56. The van der Waals surface area contributed by atoms with E-state index < -0.39 is 15.8 Å². The zero-order chi connectivity index (χ0) is 21.8. The van der Waals surface area contributed by atoms with E-state index in [9.17, 15) is 13.2 Å². The van der Waals surface area contributed by atoms with E-state index in [-0.39, 0.29) is 21.3 Å². The van der Waals surface area contributed by atoms with Crippen LogP contribution in [0.25, 0.3) is 10.1 Å². The van der Waals surface area contributed by atoms with E-state index in [1.807, 2.05) is 12.1 Å². The van der Waals surface area contributed by atoms with Crippen LogP contribution in [0.15, 0.2) is 82.8 Å². The molecular weight excluding hydrogens is 434 g/mol. The number of aromatic nitrogens is 1. The van der Waals surface area contributed by atoms with E-state index in [0.717, 1.165) is 16.9 Å². The van der Waals surface area contributed by atoms with Crippen LogP contribution in [0.1, 0.15) is 22.2 Å². The molecule has 2 aromatic carbocycles. The lowest BCUT2D eigenvalue weighted by Crippen LogP contribution is -2.10. The number of benzene rings is 2. The highest BCUT2D eigenvalue weighted by molar-refractivity contribution is 7.92. The average Bonchev–Trinajstić information content (AvgIpc) is 3.19. The maximum Gasteiger partial charge on any atom is 0.349 e. The molecule has 4 rings (SSSR count). The molecule has 0 aliphatic heterocycles. The number of fused-ring (bicyclic) bond motifs is 1. The molecule has 4 aromatic rings. The van der Waals surface area contributed by atoms with Crippen LogP contribution in [-0.2, 0) is 21.2 Å². The Kier molecular flexibility index (Phi) is 6.01. The van der Waals surface area contributed by atoms with Crippen molar-refractivity contribution < 1.29 is 22.7 Å². The van der Waals surface area contributed by atoms with Crippen LogP contribution in [0.4, 0.5) is 0 Å². The lowest BCUT2D eigenvalue weighted by molar-refractivity contribution is 0.0528. The fraction of sp³-hybridized carbons (Fsp3) is 0.130. The predicted octanol–water partition coefficient (Wildman–Crippen LogP) is 4.88. The minimum Gasteiger partial charge on any atom is -0.489 e. The Labute approximate surface area is 184 Å². The minimum atomic E-state index is -3.92. The summed E-state index contributed by atoms with van der Waals surface area (Å²) in [7, 11) is -3.92. The van der Waals surface area contributed by atoms with Crippen LogP contribution >= 0.6 is 11.3 Å². The summed E-state index contributed by atoms with van der Waals surface area (Å²) in [6.45, 7) is 2.16. The van der Waals surface area contributed by atoms with E-state index in [2.05, 4.69) is 4.98 Å². The molecule has 0 bridgehead atoms. The topological polar surface area (TPSA) is 82.6 Å². The first-order valence-corrected chi connectivity index (χ1v) is 11.9. The Morgan fingerprint density at radius 1 is 1.06 bits per heavy atom.